The molecule has 0 radical (unpaired) electrons. The molecule has 0 fully saturated rings. The van der Waals surface area contributed by atoms with Crippen molar-refractivity contribution in [3.8, 4) is 0 Å². The molecule has 19 heavy (non-hydrogen) atoms. The van der Waals surface area contributed by atoms with Crippen LogP contribution < -0.4 is 5.73 Å². The maximum absolute atomic E-state index is 6.32. The minimum absolute atomic E-state index is 0.0760. The molecular formula is C18H23N. The molecule has 0 spiro atoms. The molecule has 2 aromatic rings. The number of rotatable bonds is 4. The van der Waals surface area contributed by atoms with Crippen LogP contribution in [0.3, 0.4) is 0 Å². The predicted molar refractivity (Wildman–Crippen MR) is 82.4 cm³/mol. The van der Waals surface area contributed by atoms with E-state index in [9.17, 15) is 0 Å². The van der Waals surface area contributed by atoms with Crippen LogP contribution in [0, 0.1) is 13.8 Å². The Balaban J connectivity index is 2.13. The van der Waals surface area contributed by atoms with Crippen molar-refractivity contribution in [2.24, 2.45) is 5.73 Å². The lowest BCUT2D eigenvalue weighted by molar-refractivity contribution is 0.720. The standard InChI is InChI=1S/C18H23N/c1-4-15-5-7-17(8-6-15)18(19)12-16-10-13(2)9-14(3)11-16/h5-11,18H,4,12,19H2,1-3H3. The van der Waals surface area contributed by atoms with E-state index in [1.54, 1.807) is 0 Å². The molecule has 0 bridgehead atoms. The Bertz CT molecular complexity index is 520. The second-order valence-corrected chi connectivity index (χ2v) is 5.40. The van der Waals surface area contributed by atoms with Crippen LogP contribution in [-0.4, -0.2) is 0 Å². The van der Waals surface area contributed by atoms with E-state index < -0.39 is 0 Å². The normalized spacial score (nSPS) is 12.4. The Morgan fingerprint density at radius 1 is 0.895 bits per heavy atom. The van der Waals surface area contributed by atoms with Crippen LogP contribution in [-0.2, 0) is 12.8 Å². The molecule has 0 aliphatic heterocycles. The van der Waals surface area contributed by atoms with E-state index in [1.165, 1.54) is 27.8 Å². The summed E-state index contributed by atoms with van der Waals surface area (Å²) in [5, 5.41) is 0. The van der Waals surface area contributed by atoms with Gasteiger partial charge in [0, 0.05) is 6.04 Å². The van der Waals surface area contributed by atoms with Crippen molar-refractivity contribution in [3.05, 3.63) is 70.3 Å². The van der Waals surface area contributed by atoms with Gasteiger partial charge in [0.1, 0.15) is 0 Å². The highest BCUT2D eigenvalue weighted by atomic mass is 14.6. The lowest BCUT2D eigenvalue weighted by Crippen LogP contribution is -2.13. The van der Waals surface area contributed by atoms with E-state index in [0.717, 1.165) is 12.8 Å². The third kappa shape index (κ3) is 3.68. The minimum atomic E-state index is 0.0760. The molecule has 1 heteroatoms. The van der Waals surface area contributed by atoms with E-state index in [-0.39, 0.29) is 6.04 Å². The lowest BCUT2D eigenvalue weighted by Gasteiger charge is -2.14. The summed E-state index contributed by atoms with van der Waals surface area (Å²) < 4.78 is 0. The van der Waals surface area contributed by atoms with E-state index in [0.29, 0.717) is 0 Å². The van der Waals surface area contributed by atoms with Gasteiger partial charge in [-0.05, 0) is 43.4 Å². The highest BCUT2D eigenvalue weighted by molar-refractivity contribution is 5.31. The minimum Gasteiger partial charge on any atom is -0.324 e. The van der Waals surface area contributed by atoms with E-state index >= 15 is 0 Å². The van der Waals surface area contributed by atoms with Crippen LogP contribution >= 0.6 is 0 Å². The fourth-order valence-corrected chi connectivity index (χ4v) is 2.56. The molecule has 1 nitrogen and oxygen atoms in total. The molecule has 0 aromatic heterocycles. The Labute approximate surface area is 116 Å². The molecule has 0 amide bonds. The average molecular weight is 253 g/mol. The lowest BCUT2D eigenvalue weighted by atomic mass is 9.96. The Hall–Kier alpha value is -1.60. The molecule has 100 valence electrons. The van der Waals surface area contributed by atoms with Crippen LogP contribution in [0.25, 0.3) is 0 Å². The summed E-state index contributed by atoms with van der Waals surface area (Å²) in [6, 6.07) is 15.4. The highest BCUT2D eigenvalue weighted by Gasteiger charge is 2.07. The maximum atomic E-state index is 6.32. The molecule has 0 heterocycles. The first-order chi connectivity index (χ1) is 9.08. The van der Waals surface area contributed by atoms with Gasteiger partial charge in [0.25, 0.3) is 0 Å². The Morgan fingerprint density at radius 2 is 1.47 bits per heavy atom. The maximum Gasteiger partial charge on any atom is 0.0335 e. The molecule has 0 saturated heterocycles. The summed E-state index contributed by atoms with van der Waals surface area (Å²) in [6.45, 7) is 6.45. The van der Waals surface area contributed by atoms with Crippen LogP contribution in [0.15, 0.2) is 42.5 Å². The Morgan fingerprint density at radius 3 is 2.00 bits per heavy atom. The first kappa shape index (κ1) is 13.8. The molecule has 1 unspecified atom stereocenters. The van der Waals surface area contributed by atoms with Crippen molar-refractivity contribution in [1.29, 1.82) is 0 Å². The summed E-state index contributed by atoms with van der Waals surface area (Å²) >= 11 is 0. The first-order valence-corrected chi connectivity index (χ1v) is 7.00. The fourth-order valence-electron chi connectivity index (χ4n) is 2.56. The average Bonchev–Trinajstić information content (AvgIpc) is 2.37. The van der Waals surface area contributed by atoms with Gasteiger partial charge in [-0.2, -0.15) is 0 Å². The van der Waals surface area contributed by atoms with Crippen molar-refractivity contribution in [2.75, 3.05) is 0 Å². The van der Waals surface area contributed by atoms with Gasteiger partial charge in [-0.25, -0.2) is 0 Å². The van der Waals surface area contributed by atoms with Crippen molar-refractivity contribution in [1.82, 2.24) is 0 Å². The summed E-state index contributed by atoms with van der Waals surface area (Å²) in [5.41, 5.74) is 12.8. The van der Waals surface area contributed by atoms with Gasteiger partial charge in [-0.1, -0.05) is 60.5 Å². The number of hydrogen-bond acceptors (Lipinski definition) is 1. The second kappa shape index (κ2) is 6.03. The third-order valence-corrected chi connectivity index (χ3v) is 3.55. The summed E-state index contributed by atoms with van der Waals surface area (Å²) in [6.07, 6.45) is 1.97. The smallest absolute Gasteiger partial charge is 0.0335 e. The predicted octanol–water partition coefficient (Wildman–Crippen LogP) is 4.11. The van der Waals surface area contributed by atoms with Gasteiger partial charge >= 0.3 is 0 Å². The Kier molecular flexibility index (Phi) is 4.39. The van der Waals surface area contributed by atoms with Crippen LogP contribution in [0.5, 0.6) is 0 Å². The number of benzene rings is 2. The molecule has 0 saturated carbocycles. The van der Waals surface area contributed by atoms with Crippen molar-refractivity contribution >= 4 is 0 Å². The topological polar surface area (TPSA) is 26.0 Å². The molecule has 2 rings (SSSR count). The van der Waals surface area contributed by atoms with Crippen LogP contribution in [0.2, 0.25) is 0 Å². The van der Waals surface area contributed by atoms with Gasteiger partial charge in [0.05, 0.1) is 0 Å². The van der Waals surface area contributed by atoms with E-state index in [1.807, 2.05) is 0 Å². The van der Waals surface area contributed by atoms with Gasteiger partial charge in [-0.15, -0.1) is 0 Å². The van der Waals surface area contributed by atoms with Gasteiger partial charge in [0.15, 0.2) is 0 Å². The molecule has 0 aliphatic carbocycles. The van der Waals surface area contributed by atoms with E-state index in [4.69, 9.17) is 5.73 Å². The third-order valence-electron chi connectivity index (χ3n) is 3.55. The van der Waals surface area contributed by atoms with Gasteiger partial charge in [-0.3, -0.25) is 0 Å². The van der Waals surface area contributed by atoms with E-state index in [2.05, 4.69) is 63.2 Å². The first-order valence-electron chi connectivity index (χ1n) is 7.00. The zero-order valence-corrected chi connectivity index (χ0v) is 12.1. The number of nitrogens with two attached hydrogens (primary N) is 1. The SMILES string of the molecule is CCc1ccc(C(N)Cc2cc(C)cc(C)c2)cc1. The van der Waals surface area contributed by atoms with Crippen LogP contribution in [0.1, 0.15) is 40.8 Å². The van der Waals surface area contributed by atoms with Gasteiger partial charge in [0.2, 0.25) is 0 Å². The zero-order chi connectivity index (χ0) is 13.8. The molecule has 2 N–H and O–H groups in total. The summed E-state index contributed by atoms with van der Waals surface area (Å²) in [7, 11) is 0. The molecule has 0 aliphatic rings. The molecular weight excluding hydrogens is 230 g/mol. The van der Waals surface area contributed by atoms with Crippen LogP contribution in [0.4, 0.5) is 0 Å². The van der Waals surface area contributed by atoms with Gasteiger partial charge < -0.3 is 5.73 Å². The van der Waals surface area contributed by atoms with Crippen molar-refractivity contribution in [3.63, 3.8) is 0 Å². The number of hydrogen-bond donors (Lipinski definition) is 1. The quantitative estimate of drug-likeness (QED) is 0.872. The second-order valence-electron chi connectivity index (χ2n) is 5.40. The zero-order valence-electron chi connectivity index (χ0n) is 12.1. The van der Waals surface area contributed by atoms with Crippen molar-refractivity contribution in [2.45, 2.75) is 39.7 Å². The molecule has 1 atom stereocenters. The largest absolute Gasteiger partial charge is 0.324 e. The summed E-state index contributed by atoms with van der Waals surface area (Å²) in [4.78, 5) is 0. The highest BCUT2D eigenvalue weighted by Crippen LogP contribution is 2.19. The fraction of sp³-hybridized carbons (Fsp3) is 0.333. The van der Waals surface area contributed by atoms with Crippen molar-refractivity contribution < 1.29 is 0 Å². The molecule has 2 aromatic carbocycles. The summed E-state index contributed by atoms with van der Waals surface area (Å²) in [5.74, 6) is 0. The monoisotopic (exact) mass is 253 g/mol. The number of aryl methyl sites for hydroxylation is 3.